The van der Waals surface area contributed by atoms with Crippen LogP contribution in [0.25, 0.3) is 0 Å². The Morgan fingerprint density at radius 1 is 0.833 bits per heavy atom. The molecular weight excluding hydrogens is 526 g/mol. The summed E-state index contributed by atoms with van der Waals surface area (Å²) in [4.78, 5) is 39.6. The number of alkyl carbamates (subject to hydrolysis) is 1. The molecule has 0 spiro atoms. The second-order valence-electron chi connectivity index (χ2n) is 8.96. The number of halogens is 1. The quantitative estimate of drug-likeness (QED) is 0.266. The van der Waals surface area contributed by atoms with E-state index in [0.717, 1.165) is 4.47 Å². The van der Waals surface area contributed by atoms with Crippen LogP contribution in [0.5, 0.6) is 5.75 Å². The predicted molar refractivity (Wildman–Crippen MR) is 139 cm³/mol. The van der Waals surface area contributed by atoms with Gasteiger partial charge in [-0.25, -0.2) is 9.59 Å². The van der Waals surface area contributed by atoms with Crippen molar-refractivity contribution in [2.75, 3.05) is 7.11 Å². The summed E-state index contributed by atoms with van der Waals surface area (Å²) in [6.45, 7) is 5.19. The van der Waals surface area contributed by atoms with Gasteiger partial charge in [0.1, 0.15) is 17.4 Å². The van der Waals surface area contributed by atoms with Crippen molar-refractivity contribution in [2.45, 2.75) is 38.5 Å². The van der Waals surface area contributed by atoms with E-state index < -0.39 is 35.6 Å². The minimum atomic E-state index is -1.39. The van der Waals surface area contributed by atoms with Crippen molar-refractivity contribution in [3.05, 3.63) is 100 Å². The smallest absolute Gasteiger partial charge is 0.408 e. The molecule has 0 radical (unpaired) electrons. The van der Waals surface area contributed by atoms with Gasteiger partial charge in [0.25, 0.3) is 0 Å². The maximum Gasteiger partial charge on any atom is 0.408 e. The zero-order valence-electron chi connectivity index (χ0n) is 20.5. The second-order valence-corrected chi connectivity index (χ2v) is 9.88. The van der Waals surface area contributed by atoms with E-state index in [1.807, 2.05) is 0 Å². The number of methoxy groups -OCH3 is 1. The number of esters is 1. The van der Waals surface area contributed by atoms with Crippen molar-refractivity contribution in [1.82, 2.24) is 5.32 Å². The van der Waals surface area contributed by atoms with Crippen molar-refractivity contribution in [2.24, 2.45) is 0 Å². The number of amides is 1. The lowest BCUT2D eigenvalue weighted by Gasteiger charge is -2.29. The van der Waals surface area contributed by atoms with Gasteiger partial charge in [-0.05, 0) is 62.7 Å². The number of ether oxygens (including phenoxy) is 3. The topological polar surface area (TPSA) is 90.9 Å². The molecule has 0 aromatic heterocycles. The lowest BCUT2D eigenvalue weighted by atomic mass is 9.94. The van der Waals surface area contributed by atoms with Crippen LogP contribution in [-0.4, -0.2) is 36.7 Å². The Bertz CT molecular complexity index is 1190. The molecule has 3 rings (SSSR count). The van der Waals surface area contributed by atoms with E-state index in [9.17, 15) is 14.4 Å². The molecule has 0 aliphatic heterocycles. The first kappa shape index (κ1) is 26.9. The Hall–Kier alpha value is -3.65. The summed E-state index contributed by atoms with van der Waals surface area (Å²) in [5, 5.41) is 2.74. The SMILES string of the molecule is COc1ccc([C@@H](NC(=O)OC(C)(C)C)[C@@H](OC(=O)c2ccccc2)C(=O)c2ccc(Br)cc2)cc1. The molecule has 3 aromatic rings. The van der Waals surface area contributed by atoms with Crippen LogP contribution in [0.3, 0.4) is 0 Å². The highest BCUT2D eigenvalue weighted by Crippen LogP contribution is 2.27. The first-order chi connectivity index (χ1) is 17.1. The van der Waals surface area contributed by atoms with Crippen LogP contribution < -0.4 is 10.1 Å². The van der Waals surface area contributed by atoms with Gasteiger partial charge in [-0.3, -0.25) is 4.79 Å². The van der Waals surface area contributed by atoms with E-state index in [-0.39, 0.29) is 5.56 Å². The van der Waals surface area contributed by atoms with Gasteiger partial charge in [0.05, 0.1) is 12.7 Å². The summed E-state index contributed by atoms with van der Waals surface area (Å²) in [6.07, 6.45) is -2.15. The highest BCUT2D eigenvalue weighted by Gasteiger charge is 2.36. The van der Waals surface area contributed by atoms with Crippen molar-refractivity contribution < 1.29 is 28.6 Å². The zero-order chi connectivity index (χ0) is 26.3. The zero-order valence-corrected chi connectivity index (χ0v) is 22.1. The average Bonchev–Trinajstić information content (AvgIpc) is 2.85. The standard InChI is InChI=1S/C28H28BrNO6/c1-28(2,3)36-27(33)30-23(18-12-16-22(34-4)17-13-18)25(24(31)19-10-14-21(29)15-11-19)35-26(32)20-8-6-5-7-9-20/h5-17,23,25H,1-4H3,(H,30,33)/t23-,25-/m1/s1. The second kappa shape index (κ2) is 11.9. The summed E-state index contributed by atoms with van der Waals surface area (Å²) in [7, 11) is 1.53. The third kappa shape index (κ3) is 7.42. The number of hydrogen-bond donors (Lipinski definition) is 1. The van der Waals surface area contributed by atoms with Crippen molar-refractivity contribution >= 4 is 33.8 Å². The molecule has 8 heteroatoms. The number of hydrogen-bond acceptors (Lipinski definition) is 6. The fraction of sp³-hybridized carbons (Fsp3) is 0.250. The summed E-state index contributed by atoms with van der Waals surface area (Å²) in [6, 6.07) is 20.7. The molecule has 0 saturated heterocycles. The molecule has 0 aliphatic carbocycles. The van der Waals surface area contributed by atoms with Gasteiger partial charge in [0, 0.05) is 10.0 Å². The predicted octanol–water partition coefficient (Wildman–Crippen LogP) is 6.13. The maximum atomic E-state index is 13.7. The molecular formula is C28H28BrNO6. The molecule has 7 nitrogen and oxygen atoms in total. The van der Waals surface area contributed by atoms with Gasteiger partial charge in [0.15, 0.2) is 6.10 Å². The molecule has 0 saturated carbocycles. The van der Waals surface area contributed by atoms with Crippen LogP contribution in [0.15, 0.2) is 83.3 Å². The first-order valence-corrected chi connectivity index (χ1v) is 12.1. The lowest BCUT2D eigenvalue weighted by Crippen LogP contribution is -2.44. The average molecular weight is 554 g/mol. The minimum Gasteiger partial charge on any atom is -0.497 e. The van der Waals surface area contributed by atoms with Gasteiger partial charge in [-0.2, -0.15) is 0 Å². The number of Topliss-reactive ketones (excluding diaryl/α,β-unsaturated/α-hetero) is 1. The first-order valence-electron chi connectivity index (χ1n) is 11.3. The number of carbonyl (C=O) groups is 3. The third-order valence-corrected chi connectivity index (χ3v) is 5.61. The van der Waals surface area contributed by atoms with E-state index in [1.54, 1.807) is 99.6 Å². The number of carbonyl (C=O) groups excluding carboxylic acids is 3. The van der Waals surface area contributed by atoms with Crippen LogP contribution in [0, 0.1) is 0 Å². The van der Waals surface area contributed by atoms with Gasteiger partial charge in [0.2, 0.25) is 5.78 Å². The molecule has 188 valence electrons. The summed E-state index contributed by atoms with van der Waals surface area (Å²) in [5.74, 6) is -0.592. The molecule has 0 fully saturated rings. The maximum absolute atomic E-state index is 13.7. The Balaban J connectivity index is 2.05. The van der Waals surface area contributed by atoms with Crippen LogP contribution in [0.2, 0.25) is 0 Å². The summed E-state index contributed by atoms with van der Waals surface area (Å²) < 4.78 is 17.3. The van der Waals surface area contributed by atoms with Crippen molar-refractivity contribution in [3.63, 3.8) is 0 Å². The van der Waals surface area contributed by atoms with Crippen LogP contribution in [0.4, 0.5) is 4.79 Å². The molecule has 1 N–H and O–H groups in total. The number of benzene rings is 3. The highest BCUT2D eigenvalue weighted by molar-refractivity contribution is 9.10. The largest absolute Gasteiger partial charge is 0.497 e. The Morgan fingerprint density at radius 3 is 2.00 bits per heavy atom. The lowest BCUT2D eigenvalue weighted by molar-refractivity contribution is 0.0149. The fourth-order valence-corrected chi connectivity index (χ4v) is 3.65. The molecule has 36 heavy (non-hydrogen) atoms. The van der Waals surface area contributed by atoms with E-state index >= 15 is 0 Å². The van der Waals surface area contributed by atoms with E-state index in [0.29, 0.717) is 16.9 Å². The van der Waals surface area contributed by atoms with Gasteiger partial charge in [-0.1, -0.05) is 58.4 Å². The fourth-order valence-electron chi connectivity index (χ4n) is 3.39. The summed E-state index contributed by atoms with van der Waals surface area (Å²) >= 11 is 3.36. The molecule has 0 unspecified atom stereocenters. The van der Waals surface area contributed by atoms with Crippen LogP contribution >= 0.6 is 15.9 Å². The van der Waals surface area contributed by atoms with Crippen molar-refractivity contribution in [1.29, 1.82) is 0 Å². The molecule has 0 aliphatic rings. The van der Waals surface area contributed by atoms with Gasteiger partial charge >= 0.3 is 12.1 Å². The Kier molecular flexibility index (Phi) is 8.88. The third-order valence-electron chi connectivity index (χ3n) is 5.08. The van der Waals surface area contributed by atoms with E-state index in [4.69, 9.17) is 14.2 Å². The molecule has 3 aromatic carbocycles. The molecule has 1 amide bonds. The van der Waals surface area contributed by atoms with Gasteiger partial charge in [-0.15, -0.1) is 0 Å². The number of ketones is 1. The highest BCUT2D eigenvalue weighted by atomic mass is 79.9. The molecule has 0 heterocycles. The Labute approximate surface area is 218 Å². The monoisotopic (exact) mass is 553 g/mol. The van der Waals surface area contributed by atoms with E-state index in [2.05, 4.69) is 21.2 Å². The van der Waals surface area contributed by atoms with Gasteiger partial charge < -0.3 is 19.5 Å². The molecule has 2 atom stereocenters. The van der Waals surface area contributed by atoms with Crippen LogP contribution in [-0.2, 0) is 9.47 Å². The normalized spacial score (nSPS) is 12.7. The van der Waals surface area contributed by atoms with E-state index in [1.165, 1.54) is 7.11 Å². The minimum absolute atomic E-state index is 0.275. The number of nitrogens with one attached hydrogen (secondary N) is 1. The van der Waals surface area contributed by atoms with Crippen LogP contribution in [0.1, 0.15) is 53.1 Å². The Morgan fingerprint density at radius 2 is 1.44 bits per heavy atom. The summed E-state index contributed by atoms with van der Waals surface area (Å²) in [5.41, 5.74) is 0.337. The van der Waals surface area contributed by atoms with Crippen molar-refractivity contribution in [3.8, 4) is 5.75 Å². The number of rotatable bonds is 8. The molecule has 0 bridgehead atoms.